The summed E-state index contributed by atoms with van der Waals surface area (Å²) < 4.78 is 10.4. The minimum absolute atomic E-state index is 0.0360. The highest BCUT2D eigenvalue weighted by atomic mass is 32.1. The van der Waals surface area contributed by atoms with Crippen LogP contribution in [0.4, 0.5) is 0 Å². The molecule has 0 spiro atoms. The summed E-state index contributed by atoms with van der Waals surface area (Å²) in [5.41, 5.74) is 1.83. The maximum absolute atomic E-state index is 13.0. The Morgan fingerprint density at radius 2 is 2.00 bits per heavy atom. The Morgan fingerprint density at radius 3 is 2.69 bits per heavy atom. The van der Waals surface area contributed by atoms with Crippen molar-refractivity contribution < 1.29 is 14.3 Å². The molecule has 0 radical (unpaired) electrons. The van der Waals surface area contributed by atoms with Crippen molar-refractivity contribution in [1.29, 1.82) is 0 Å². The van der Waals surface area contributed by atoms with Crippen LogP contribution in [0.2, 0.25) is 0 Å². The fraction of sp³-hybridized carbons (Fsp3) is 0.474. The zero-order chi connectivity index (χ0) is 18.5. The van der Waals surface area contributed by atoms with Crippen molar-refractivity contribution in [2.24, 2.45) is 0 Å². The molecule has 0 N–H and O–H groups in total. The van der Waals surface area contributed by atoms with Crippen molar-refractivity contribution in [2.45, 2.75) is 19.9 Å². The number of methoxy groups -OCH3 is 2. The van der Waals surface area contributed by atoms with Crippen molar-refractivity contribution in [2.75, 3.05) is 40.4 Å². The smallest absolute Gasteiger partial charge is 0.259 e. The Labute approximate surface area is 158 Å². The normalized spacial score (nSPS) is 15.6. The number of aryl methyl sites for hydroxylation is 1. The molecular weight excluding hydrogens is 350 g/mol. The zero-order valence-corrected chi connectivity index (χ0v) is 16.3. The first-order chi connectivity index (χ1) is 12.6. The van der Waals surface area contributed by atoms with Gasteiger partial charge in [0.2, 0.25) is 11.8 Å². The van der Waals surface area contributed by atoms with Crippen LogP contribution in [0.3, 0.4) is 0 Å². The van der Waals surface area contributed by atoms with Crippen LogP contribution in [-0.4, -0.2) is 61.1 Å². The van der Waals surface area contributed by atoms with Crippen LogP contribution >= 0.6 is 11.3 Å². The van der Waals surface area contributed by atoms with Crippen LogP contribution < -0.4 is 9.47 Å². The van der Waals surface area contributed by atoms with Crippen molar-refractivity contribution in [3.05, 3.63) is 39.6 Å². The third-order valence-electron chi connectivity index (χ3n) is 4.68. The van der Waals surface area contributed by atoms with Crippen LogP contribution in [0.5, 0.6) is 11.8 Å². The summed E-state index contributed by atoms with van der Waals surface area (Å²) in [7, 11) is 3.06. The molecule has 0 bridgehead atoms. The van der Waals surface area contributed by atoms with E-state index in [4.69, 9.17) is 9.47 Å². The Kier molecular flexibility index (Phi) is 6.11. The summed E-state index contributed by atoms with van der Waals surface area (Å²) in [5, 5.41) is 2.14. The number of ether oxygens (including phenoxy) is 2. The van der Waals surface area contributed by atoms with E-state index in [9.17, 15) is 4.79 Å². The summed E-state index contributed by atoms with van der Waals surface area (Å²) in [6.45, 7) is 6.43. The fourth-order valence-corrected chi connectivity index (χ4v) is 4.07. The Bertz CT molecular complexity index is 762. The Balaban J connectivity index is 1.67. The minimum Gasteiger partial charge on any atom is -0.481 e. The molecular formula is C19H25N3O3S. The standard InChI is InChI=1S/C19H25N3O3S/c1-14-7-12-26-16(14)13-21-8-4-9-22(11-10-21)19(23)15-5-6-17(24-2)20-18(15)25-3/h5-7,12H,4,8-11,13H2,1-3H3. The van der Waals surface area contributed by atoms with Gasteiger partial charge in [-0.25, -0.2) is 0 Å². The van der Waals surface area contributed by atoms with Crippen molar-refractivity contribution in [3.63, 3.8) is 0 Å². The number of pyridine rings is 1. The number of aromatic nitrogens is 1. The number of thiophene rings is 1. The second-order valence-corrected chi connectivity index (χ2v) is 7.36. The van der Waals surface area contributed by atoms with E-state index in [1.54, 1.807) is 30.6 Å². The molecule has 3 rings (SSSR count). The first-order valence-corrected chi connectivity index (χ1v) is 9.64. The molecule has 3 heterocycles. The number of hydrogen-bond donors (Lipinski definition) is 0. The highest BCUT2D eigenvalue weighted by molar-refractivity contribution is 7.10. The number of amides is 1. The van der Waals surface area contributed by atoms with Gasteiger partial charge < -0.3 is 14.4 Å². The van der Waals surface area contributed by atoms with Gasteiger partial charge in [-0.05, 0) is 36.4 Å². The molecule has 7 heteroatoms. The monoisotopic (exact) mass is 375 g/mol. The topological polar surface area (TPSA) is 54.9 Å². The maximum Gasteiger partial charge on any atom is 0.259 e. The zero-order valence-electron chi connectivity index (χ0n) is 15.5. The molecule has 0 aromatic carbocycles. The van der Waals surface area contributed by atoms with Gasteiger partial charge in [-0.1, -0.05) is 0 Å². The summed E-state index contributed by atoms with van der Waals surface area (Å²) in [5.74, 6) is 0.711. The molecule has 2 aromatic rings. The van der Waals surface area contributed by atoms with Crippen LogP contribution in [0, 0.1) is 6.92 Å². The molecule has 1 amide bonds. The lowest BCUT2D eigenvalue weighted by Gasteiger charge is -2.22. The quantitative estimate of drug-likeness (QED) is 0.804. The van der Waals surface area contributed by atoms with Gasteiger partial charge in [0, 0.05) is 43.7 Å². The molecule has 6 nitrogen and oxygen atoms in total. The first-order valence-electron chi connectivity index (χ1n) is 8.76. The average molecular weight is 375 g/mol. The lowest BCUT2D eigenvalue weighted by Crippen LogP contribution is -2.35. The maximum atomic E-state index is 13.0. The molecule has 140 valence electrons. The number of rotatable bonds is 5. The molecule has 1 saturated heterocycles. The number of carbonyl (C=O) groups excluding carboxylic acids is 1. The van der Waals surface area contributed by atoms with E-state index in [0.29, 0.717) is 23.9 Å². The van der Waals surface area contributed by atoms with Crippen LogP contribution in [0.1, 0.15) is 27.2 Å². The second kappa shape index (κ2) is 8.51. The summed E-state index contributed by atoms with van der Waals surface area (Å²) in [4.78, 5) is 22.9. The van der Waals surface area contributed by atoms with Crippen molar-refractivity contribution in [3.8, 4) is 11.8 Å². The lowest BCUT2D eigenvalue weighted by atomic mass is 10.2. The first kappa shape index (κ1) is 18.7. The van der Waals surface area contributed by atoms with Crippen molar-refractivity contribution >= 4 is 17.2 Å². The molecule has 0 unspecified atom stereocenters. The van der Waals surface area contributed by atoms with Crippen LogP contribution in [0.25, 0.3) is 0 Å². The van der Waals surface area contributed by atoms with E-state index < -0.39 is 0 Å². The molecule has 0 aliphatic carbocycles. The predicted octanol–water partition coefficient (Wildman–Crippen LogP) is 2.82. The molecule has 0 saturated carbocycles. The van der Waals surface area contributed by atoms with E-state index in [1.165, 1.54) is 17.6 Å². The molecule has 0 atom stereocenters. The predicted molar refractivity (Wildman–Crippen MR) is 102 cm³/mol. The minimum atomic E-state index is -0.0360. The highest BCUT2D eigenvalue weighted by Gasteiger charge is 2.24. The third-order valence-corrected chi connectivity index (χ3v) is 5.69. The van der Waals surface area contributed by atoms with Gasteiger partial charge in [0.15, 0.2) is 0 Å². The molecule has 2 aromatic heterocycles. The van der Waals surface area contributed by atoms with Gasteiger partial charge in [0.25, 0.3) is 5.91 Å². The SMILES string of the molecule is COc1ccc(C(=O)N2CCCN(Cc3sccc3C)CC2)c(OC)n1. The largest absolute Gasteiger partial charge is 0.481 e. The second-order valence-electron chi connectivity index (χ2n) is 6.36. The van der Waals surface area contributed by atoms with Gasteiger partial charge in [0.1, 0.15) is 5.56 Å². The van der Waals surface area contributed by atoms with E-state index in [0.717, 1.165) is 32.6 Å². The fourth-order valence-electron chi connectivity index (χ4n) is 3.13. The highest BCUT2D eigenvalue weighted by Crippen LogP contribution is 2.23. The van der Waals surface area contributed by atoms with Crippen LogP contribution in [0.15, 0.2) is 23.6 Å². The molecule has 1 fully saturated rings. The van der Waals surface area contributed by atoms with Gasteiger partial charge in [-0.3, -0.25) is 9.69 Å². The third kappa shape index (κ3) is 4.16. The molecule has 26 heavy (non-hydrogen) atoms. The number of hydrogen-bond acceptors (Lipinski definition) is 6. The lowest BCUT2D eigenvalue weighted by molar-refractivity contribution is 0.0756. The van der Waals surface area contributed by atoms with E-state index >= 15 is 0 Å². The van der Waals surface area contributed by atoms with Crippen molar-refractivity contribution in [1.82, 2.24) is 14.8 Å². The van der Waals surface area contributed by atoms with Crippen LogP contribution in [-0.2, 0) is 6.54 Å². The van der Waals surface area contributed by atoms with E-state index in [2.05, 4.69) is 28.3 Å². The Hall–Kier alpha value is -2.12. The van der Waals surface area contributed by atoms with Gasteiger partial charge in [0.05, 0.1) is 14.2 Å². The Morgan fingerprint density at radius 1 is 1.15 bits per heavy atom. The summed E-state index contributed by atoms with van der Waals surface area (Å²) in [6.07, 6.45) is 0.960. The number of nitrogens with zero attached hydrogens (tertiary/aromatic N) is 3. The average Bonchev–Trinajstić information content (AvgIpc) is 2.92. The van der Waals surface area contributed by atoms with E-state index in [1.807, 2.05) is 4.90 Å². The summed E-state index contributed by atoms with van der Waals surface area (Å²) >= 11 is 1.80. The number of carbonyl (C=O) groups is 1. The van der Waals surface area contributed by atoms with Gasteiger partial charge >= 0.3 is 0 Å². The van der Waals surface area contributed by atoms with Gasteiger partial charge in [-0.15, -0.1) is 11.3 Å². The van der Waals surface area contributed by atoms with E-state index in [-0.39, 0.29) is 5.91 Å². The molecule has 1 aliphatic heterocycles. The summed E-state index contributed by atoms with van der Waals surface area (Å²) in [6, 6.07) is 5.58. The molecule has 1 aliphatic rings. The van der Waals surface area contributed by atoms with Gasteiger partial charge in [-0.2, -0.15) is 4.98 Å².